The van der Waals surface area contributed by atoms with Crippen molar-refractivity contribution >= 4 is 23.2 Å². The molecule has 0 N–H and O–H groups in total. The molecule has 0 amide bonds. The van der Waals surface area contributed by atoms with Crippen LogP contribution in [0.15, 0.2) is 18.2 Å². The third kappa shape index (κ3) is 1.85. The van der Waals surface area contributed by atoms with Crippen molar-refractivity contribution in [2.75, 3.05) is 0 Å². The first kappa shape index (κ1) is 8.82. The highest BCUT2D eigenvalue weighted by atomic mass is 35.5. The van der Waals surface area contributed by atoms with E-state index in [1.54, 1.807) is 19.1 Å². The monoisotopic (exact) mass is 192 g/mol. The smallest absolute Gasteiger partial charge is 0.133 e. The normalized spacial score (nSPS) is 10.6. The summed E-state index contributed by atoms with van der Waals surface area (Å²) in [6, 6.07) is 4.69. The molecule has 0 aliphatic heterocycles. The highest BCUT2D eigenvalue weighted by molar-refractivity contribution is 6.44. The Morgan fingerprint density at radius 1 is 1.36 bits per heavy atom. The van der Waals surface area contributed by atoms with Crippen molar-refractivity contribution in [1.82, 2.24) is 0 Å². The van der Waals surface area contributed by atoms with Crippen LogP contribution in [0.2, 0.25) is 0 Å². The lowest BCUT2D eigenvalue weighted by atomic mass is 10.1. The Morgan fingerprint density at radius 2 is 2.00 bits per heavy atom. The third-order valence-corrected chi connectivity index (χ3v) is 2.01. The molecule has 0 aliphatic carbocycles. The van der Waals surface area contributed by atoms with Crippen molar-refractivity contribution in [3.63, 3.8) is 0 Å². The Kier molecular flexibility index (Phi) is 2.74. The standard InChI is InChI=1S/C8H7Cl2F/c1-5-6(8(9)10)3-2-4-7(5)11/h2-4,8H,1H3. The van der Waals surface area contributed by atoms with Gasteiger partial charge in [0, 0.05) is 0 Å². The number of hydrogen-bond acceptors (Lipinski definition) is 0. The number of alkyl halides is 2. The quantitative estimate of drug-likeness (QED) is 0.597. The Hall–Kier alpha value is -0.270. The Morgan fingerprint density at radius 3 is 2.45 bits per heavy atom. The fourth-order valence-corrected chi connectivity index (χ4v) is 1.33. The molecule has 0 aliphatic rings. The molecular weight excluding hydrogens is 186 g/mol. The van der Waals surface area contributed by atoms with E-state index < -0.39 is 4.84 Å². The summed E-state index contributed by atoms with van der Waals surface area (Å²) in [6.45, 7) is 1.66. The minimum atomic E-state index is -0.648. The molecule has 0 spiro atoms. The lowest BCUT2D eigenvalue weighted by Gasteiger charge is -2.05. The van der Waals surface area contributed by atoms with Gasteiger partial charge in [-0.05, 0) is 24.1 Å². The van der Waals surface area contributed by atoms with E-state index in [0.717, 1.165) is 0 Å². The first-order chi connectivity index (χ1) is 5.13. The maximum atomic E-state index is 12.8. The van der Waals surface area contributed by atoms with Gasteiger partial charge in [-0.2, -0.15) is 0 Å². The van der Waals surface area contributed by atoms with E-state index in [0.29, 0.717) is 11.1 Å². The van der Waals surface area contributed by atoms with Gasteiger partial charge in [-0.15, -0.1) is 23.2 Å². The molecule has 0 heterocycles. The molecule has 0 bridgehead atoms. The van der Waals surface area contributed by atoms with Gasteiger partial charge in [-0.3, -0.25) is 0 Å². The number of hydrogen-bond donors (Lipinski definition) is 0. The van der Waals surface area contributed by atoms with Crippen LogP contribution in [-0.4, -0.2) is 0 Å². The van der Waals surface area contributed by atoms with E-state index in [-0.39, 0.29) is 5.82 Å². The molecule has 11 heavy (non-hydrogen) atoms. The van der Waals surface area contributed by atoms with Gasteiger partial charge >= 0.3 is 0 Å². The van der Waals surface area contributed by atoms with E-state index in [2.05, 4.69) is 0 Å². The van der Waals surface area contributed by atoms with Gasteiger partial charge in [0.25, 0.3) is 0 Å². The van der Waals surface area contributed by atoms with E-state index in [1.165, 1.54) is 6.07 Å². The van der Waals surface area contributed by atoms with Gasteiger partial charge in [-0.1, -0.05) is 12.1 Å². The average Bonchev–Trinajstić information content (AvgIpc) is 1.94. The van der Waals surface area contributed by atoms with Gasteiger partial charge in [0.1, 0.15) is 10.7 Å². The number of rotatable bonds is 1. The zero-order valence-electron chi connectivity index (χ0n) is 5.94. The molecule has 1 rings (SSSR count). The first-order valence-corrected chi connectivity index (χ1v) is 4.03. The second-order valence-corrected chi connectivity index (χ2v) is 3.35. The molecule has 0 fully saturated rings. The van der Waals surface area contributed by atoms with Gasteiger partial charge < -0.3 is 0 Å². The van der Waals surface area contributed by atoms with Crippen molar-refractivity contribution in [1.29, 1.82) is 0 Å². The molecule has 60 valence electrons. The van der Waals surface area contributed by atoms with Crippen LogP contribution >= 0.6 is 23.2 Å². The summed E-state index contributed by atoms with van der Waals surface area (Å²) < 4.78 is 12.8. The molecule has 0 saturated heterocycles. The summed E-state index contributed by atoms with van der Waals surface area (Å²) in [5.41, 5.74) is 1.15. The minimum absolute atomic E-state index is 0.270. The number of halogens is 3. The summed E-state index contributed by atoms with van der Waals surface area (Å²) in [4.78, 5) is -0.648. The predicted molar refractivity (Wildman–Crippen MR) is 45.6 cm³/mol. The number of benzene rings is 1. The molecule has 0 aromatic heterocycles. The van der Waals surface area contributed by atoms with Crippen molar-refractivity contribution in [3.05, 3.63) is 35.1 Å². The van der Waals surface area contributed by atoms with Crippen LogP contribution in [0.3, 0.4) is 0 Å². The van der Waals surface area contributed by atoms with Crippen LogP contribution in [0.4, 0.5) is 4.39 Å². The molecule has 0 radical (unpaired) electrons. The Balaban J connectivity index is 3.17. The highest BCUT2D eigenvalue weighted by Crippen LogP contribution is 2.28. The fraction of sp³-hybridized carbons (Fsp3) is 0.250. The lowest BCUT2D eigenvalue weighted by Crippen LogP contribution is -1.90. The molecule has 0 saturated carbocycles. The second-order valence-electron chi connectivity index (χ2n) is 2.25. The van der Waals surface area contributed by atoms with Crippen LogP contribution in [-0.2, 0) is 0 Å². The van der Waals surface area contributed by atoms with Gasteiger partial charge in [0.2, 0.25) is 0 Å². The zero-order chi connectivity index (χ0) is 8.43. The predicted octanol–water partition coefficient (Wildman–Crippen LogP) is 3.61. The Labute approximate surface area is 74.9 Å². The first-order valence-electron chi connectivity index (χ1n) is 3.16. The van der Waals surface area contributed by atoms with E-state index in [4.69, 9.17) is 23.2 Å². The minimum Gasteiger partial charge on any atom is -0.207 e. The van der Waals surface area contributed by atoms with Crippen LogP contribution in [0.25, 0.3) is 0 Å². The molecule has 1 aromatic carbocycles. The van der Waals surface area contributed by atoms with E-state index in [9.17, 15) is 4.39 Å². The van der Waals surface area contributed by atoms with Crippen molar-refractivity contribution in [3.8, 4) is 0 Å². The van der Waals surface area contributed by atoms with E-state index >= 15 is 0 Å². The summed E-state index contributed by atoms with van der Waals surface area (Å²) in [5, 5.41) is 0. The molecule has 0 nitrogen and oxygen atoms in total. The topological polar surface area (TPSA) is 0 Å². The van der Waals surface area contributed by atoms with Crippen molar-refractivity contribution in [2.45, 2.75) is 11.8 Å². The fourth-order valence-electron chi connectivity index (χ4n) is 0.861. The Bertz CT molecular complexity index is 258. The lowest BCUT2D eigenvalue weighted by molar-refractivity contribution is 0.616. The average molecular weight is 193 g/mol. The summed E-state index contributed by atoms with van der Waals surface area (Å²) in [5.74, 6) is -0.270. The van der Waals surface area contributed by atoms with Gasteiger partial charge in [0.15, 0.2) is 0 Å². The van der Waals surface area contributed by atoms with Gasteiger partial charge in [0.05, 0.1) is 0 Å². The van der Waals surface area contributed by atoms with Gasteiger partial charge in [-0.25, -0.2) is 4.39 Å². The molecule has 1 aromatic rings. The molecule has 0 atom stereocenters. The largest absolute Gasteiger partial charge is 0.207 e. The maximum Gasteiger partial charge on any atom is 0.133 e. The second kappa shape index (κ2) is 3.42. The molecule has 3 heteroatoms. The van der Waals surface area contributed by atoms with E-state index in [1.807, 2.05) is 0 Å². The summed E-state index contributed by atoms with van der Waals surface area (Å²) in [6.07, 6.45) is 0. The SMILES string of the molecule is Cc1c(F)cccc1C(Cl)Cl. The summed E-state index contributed by atoms with van der Waals surface area (Å²) in [7, 11) is 0. The third-order valence-electron chi connectivity index (χ3n) is 1.54. The molecular formula is C8H7Cl2F. The van der Waals surface area contributed by atoms with Crippen molar-refractivity contribution < 1.29 is 4.39 Å². The maximum absolute atomic E-state index is 12.8. The van der Waals surface area contributed by atoms with Crippen LogP contribution in [0.5, 0.6) is 0 Å². The zero-order valence-corrected chi connectivity index (χ0v) is 7.46. The summed E-state index contributed by atoms with van der Waals surface area (Å²) >= 11 is 11.2. The van der Waals surface area contributed by atoms with Crippen LogP contribution < -0.4 is 0 Å². The van der Waals surface area contributed by atoms with Crippen LogP contribution in [0.1, 0.15) is 16.0 Å². The van der Waals surface area contributed by atoms with Crippen molar-refractivity contribution in [2.24, 2.45) is 0 Å². The van der Waals surface area contributed by atoms with Crippen LogP contribution in [0, 0.1) is 12.7 Å². The molecule has 0 unspecified atom stereocenters. The highest BCUT2D eigenvalue weighted by Gasteiger charge is 2.08.